The van der Waals surface area contributed by atoms with Crippen molar-refractivity contribution in [3.05, 3.63) is 138 Å². The highest BCUT2D eigenvalue weighted by Gasteiger charge is 2.35. The van der Waals surface area contributed by atoms with Crippen LogP contribution in [0, 0.1) is 13.8 Å². The molecule has 0 saturated heterocycles. The molecule has 0 saturated carbocycles. The molecule has 8 nitrogen and oxygen atoms in total. The molecule has 1 atom stereocenters. The number of ether oxygens (including phenoxy) is 3. The number of carbonyl (C=O) groups excluding carboxylic acids is 1. The Morgan fingerprint density at radius 1 is 1.00 bits per heavy atom. The number of aryl methyl sites for hydroxylation is 1. The van der Waals surface area contributed by atoms with Gasteiger partial charge in [0.15, 0.2) is 16.3 Å². The van der Waals surface area contributed by atoms with Crippen molar-refractivity contribution in [3.63, 3.8) is 0 Å². The van der Waals surface area contributed by atoms with Crippen molar-refractivity contribution >= 4 is 29.1 Å². The number of hydrogen-bond acceptors (Lipinski definition) is 7. The molecule has 2 aromatic heterocycles. The van der Waals surface area contributed by atoms with Gasteiger partial charge in [-0.25, -0.2) is 9.79 Å². The zero-order valence-electron chi connectivity index (χ0n) is 24.4. The highest BCUT2D eigenvalue weighted by molar-refractivity contribution is 7.07. The molecule has 2 aliphatic heterocycles. The Hall–Kier alpha value is -5.15. The molecule has 2 aliphatic rings. The molecular formula is C35H29N3O5S. The van der Waals surface area contributed by atoms with Gasteiger partial charge < -0.3 is 18.8 Å². The predicted molar refractivity (Wildman–Crippen MR) is 169 cm³/mol. The van der Waals surface area contributed by atoms with Gasteiger partial charge in [-0.1, -0.05) is 72.0 Å². The molecule has 0 fully saturated rings. The molecule has 0 unspecified atom stereocenters. The predicted octanol–water partition coefficient (Wildman–Crippen LogP) is 5.07. The highest BCUT2D eigenvalue weighted by atomic mass is 32.1. The summed E-state index contributed by atoms with van der Waals surface area (Å²) in [6.07, 6.45) is 1.91. The molecule has 9 heteroatoms. The molecule has 4 heterocycles. The standard InChI is InChI=1S/C35H29N3O5S/c1-4-41-34(40)30-31(23-11-7-5-8-12-23)36-35-38(32(30)24-13-9-6-10-14-24)33(39)29(44-35)18-25-17-21(2)37(22(25)3)26-15-16-27-28(19-26)43-20-42-27/h5-19,32H,4,20H2,1-3H3/b29-18+/t32-/m1/s1. The summed E-state index contributed by atoms with van der Waals surface area (Å²) >= 11 is 1.31. The second-order valence-electron chi connectivity index (χ2n) is 10.5. The van der Waals surface area contributed by atoms with Gasteiger partial charge in [-0.2, -0.15) is 0 Å². The summed E-state index contributed by atoms with van der Waals surface area (Å²) in [6, 6.07) is 26.3. The zero-order chi connectivity index (χ0) is 30.4. The van der Waals surface area contributed by atoms with E-state index in [-0.39, 0.29) is 19.0 Å². The molecule has 0 radical (unpaired) electrons. The third-order valence-corrected chi connectivity index (χ3v) is 8.84. The van der Waals surface area contributed by atoms with Crippen LogP contribution in [0.3, 0.4) is 0 Å². The molecule has 0 amide bonds. The van der Waals surface area contributed by atoms with Crippen LogP contribution in [0.25, 0.3) is 17.5 Å². The van der Waals surface area contributed by atoms with Crippen LogP contribution in [0.15, 0.2) is 100 Å². The SMILES string of the molecule is CCOC(=O)C1=C(c2ccccc2)N=c2s/c(=C/c3cc(C)n(-c4ccc5c(c4)OCO5)c3C)c(=O)n2[C@@H]1c1ccccc1. The molecule has 220 valence electrons. The minimum absolute atomic E-state index is 0.204. The van der Waals surface area contributed by atoms with E-state index in [0.717, 1.165) is 39.5 Å². The number of rotatable bonds is 6. The zero-order valence-corrected chi connectivity index (χ0v) is 25.3. The molecule has 0 N–H and O–H groups in total. The maximum absolute atomic E-state index is 14.2. The van der Waals surface area contributed by atoms with Crippen LogP contribution in [0.4, 0.5) is 0 Å². The van der Waals surface area contributed by atoms with E-state index in [4.69, 9.17) is 19.2 Å². The van der Waals surface area contributed by atoms with Gasteiger partial charge in [0, 0.05) is 28.7 Å². The average molecular weight is 604 g/mol. The van der Waals surface area contributed by atoms with Gasteiger partial charge in [-0.15, -0.1) is 0 Å². The lowest BCUT2D eigenvalue weighted by atomic mass is 9.93. The van der Waals surface area contributed by atoms with E-state index >= 15 is 0 Å². The lowest BCUT2D eigenvalue weighted by Crippen LogP contribution is -2.40. The van der Waals surface area contributed by atoms with E-state index < -0.39 is 12.0 Å². The molecule has 0 spiro atoms. The number of benzene rings is 3. The van der Waals surface area contributed by atoms with E-state index in [1.807, 2.05) is 98.8 Å². The van der Waals surface area contributed by atoms with Gasteiger partial charge in [0.25, 0.3) is 5.56 Å². The summed E-state index contributed by atoms with van der Waals surface area (Å²) in [4.78, 5) is 33.3. The maximum atomic E-state index is 14.2. The van der Waals surface area contributed by atoms with E-state index in [1.54, 1.807) is 11.5 Å². The fourth-order valence-corrected chi connectivity index (χ4v) is 6.88. The van der Waals surface area contributed by atoms with Gasteiger partial charge in [0.05, 0.1) is 28.5 Å². The third kappa shape index (κ3) is 4.66. The van der Waals surface area contributed by atoms with Gasteiger partial charge in [0.1, 0.15) is 0 Å². The first-order chi connectivity index (χ1) is 21.4. The number of aromatic nitrogens is 2. The van der Waals surface area contributed by atoms with Crippen molar-refractivity contribution in [1.29, 1.82) is 0 Å². The van der Waals surface area contributed by atoms with E-state index in [9.17, 15) is 9.59 Å². The summed E-state index contributed by atoms with van der Waals surface area (Å²) in [6.45, 7) is 6.24. The second kappa shape index (κ2) is 11.2. The Morgan fingerprint density at radius 2 is 1.73 bits per heavy atom. The quantitative estimate of drug-likeness (QED) is 0.253. The fraction of sp³-hybridized carbons (Fsp3) is 0.171. The number of thiazole rings is 1. The Morgan fingerprint density at radius 3 is 2.48 bits per heavy atom. The highest BCUT2D eigenvalue weighted by Crippen LogP contribution is 2.36. The van der Waals surface area contributed by atoms with Gasteiger partial charge >= 0.3 is 5.97 Å². The van der Waals surface area contributed by atoms with Crippen LogP contribution < -0.4 is 24.4 Å². The fourth-order valence-electron chi connectivity index (χ4n) is 5.89. The van der Waals surface area contributed by atoms with Crippen molar-refractivity contribution < 1.29 is 19.0 Å². The Labute approximate surface area is 257 Å². The Bertz CT molecular complexity index is 2120. The molecule has 3 aromatic carbocycles. The summed E-state index contributed by atoms with van der Waals surface area (Å²) in [5.74, 6) is 0.936. The van der Waals surface area contributed by atoms with Crippen LogP contribution in [0.1, 0.15) is 41.0 Å². The van der Waals surface area contributed by atoms with Gasteiger partial charge in [0.2, 0.25) is 6.79 Å². The van der Waals surface area contributed by atoms with Crippen molar-refractivity contribution in [3.8, 4) is 17.2 Å². The minimum Gasteiger partial charge on any atom is -0.463 e. The summed E-state index contributed by atoms with van der Waals surface area (Å²) in [5, 5.41) is 0. The van der Waals surface area contributed by atoms with Crippen molar-refractivity contribution in [2.45, 2.75) is 26.8 Å². The summed E-state index contributed by atoms with van der Waals surface area (Å²) in [5.41, 5.74) is 6.05. The van der Waals surface area contributed by atoms with Crippen LogP contribution in [-0.2, 0) is 9.53 Å². The lowest BCUT2D eigenvalue weighted by Gasteiger charge is -2.25. The van der Waals surface area contributed by atoms with E-state index in [2.05, 4.69) is 10.6 Å². The Kier molecular flexibility index (Phi) is 7.02. The Balaban J connectivity index is 1.42. The molecule has 5 aromatic rings. The van der Waals surface area contributed by atoms with Crippen LogP contribution in [0.2, 0.25) is 0 Å². The molecule has 0 bridgehead atoms. The largest absolute Gasteiger partial charge is 0.463 e. The van der Waals surface area contributed by atoms with Crippen LogP contribution in [-0.4, -0.2) is 28.5 Å². The first-order valence-electron chi connectivity index (χ1n) is 14.4. The topological polar surface area (TPSA) is 84.1 Å². The van der Waals surface area contributed by atoms with Crippen LogP contribution in [0.5, 0.6) is 11.5 Å². The van der Waals surface area contributed by atoms with E-state index in [0.29, 0.717) is 26.4 Å². The molecule has 44 heavy (non-hydrogen) atoms. The van der Waals surface area contributed by atoms with Gasteiger partial charge in [-0.05, 0) is 56.2 Å². The first-order valence-corrected chi connectivity index (χ1v) is 15.2. The smallest absolute Gasteiger partial charge is 0.338 e. The number of carbonyl (C=O) groups is 1. The van der Waals surface area contributed by atoms with Crippen molar-refractivity contribution in [2.75, 3.05) is 13.4 Å². The van der Waals surface area contributed by atoms with Crippen LogP contribution >= 0.6 is 11.3 Å². The monoisotopic (exact) mass is 603 g/mol. The second-order valence-corrected chi connectivity index (χ2v) is 11.6. The molecule has 7 rings (SSSR count). The van der Waals surface area contributed by atoms with E-state index in [1.165, 1.54) is 11.3 Å². The third-order valence-electron chi connectivity index (χ3n) is 7.86. The normalized spacial score (nSPS) is 15.7. The van der Waals surface area contributed by atoms with Crippen molar-refractivity contribution in [1.82, 2.24) is 9.13 Å². The summed E-state index contributed by atoms with van der Waals surface area (Å²) in [7, 11) is 0. The number of fused-ring (bicyclic) bond motifs is 2. The minimum atomic E-state index is -0.704. The van der Waals surface area contributed by atoms with Gasteiger partial charge in [-0.3, -0.25) is 9.36 Å². The first kappa shape index (κ1) is 27.7. The molecule has 0 aliphatic carbocycles. The maximum Gasteiger partial charge on any atom is 0.338 e. The average Bonchev–Trinajstić information content (AvgIpc) is 3.72. The molecular weight excluding hydrogens is 574 g/mol. The number of esters is 1. The summed E-state index contributed by atoms with van der Waals surface area (Å²) < 4.78 is 20.9. The van der Waals surface area contributed by atoms with Crippen molar-refractivity contribution in [2.24, 2.45) is 4.99 Å². The number of hydrogen-bond donors (Lipinski definition) is 0. The number of nitrogens with zero attached hydrogens (tertiary/aromatic N) is 3. The lowest BCUT2D eigenvalue weighted by molar-refractivity contribution is -0.138.